The number of hydrogen-bond donors (Lipinski definition) is 2. The van der Waals surface area contributed by atoms with Gasteiger partial charge in [0.1, 0.15) is 5.82 Å². The maximum Gasteiger partial charge on any atom is 0.335 e. The van der Waals surface area contributed by atoms with E-state index in [0.29, 0.717) is 5.56 Å². The van der Waals surface area contributed by atoms with Gasteiger partial charge in [-0.15, -0.1) is 0 Å². The number of sulfonamides is 1. The Morgan fingerprint density at radius 3 is 2.13 bits per heavy atom. The van der Waals surface area contributed by atoms with Crippen molar-refractivity contribution in [3.05, 3.63) is 59.4 Å². The average molecular weight is 337 g/mol. The summed E-state index contributed by atoms with van der Waals surface area (Å²) in [5, 5.41) is 8.87. The van der Waals surface area contributed by atoms with Gasteiger partial charge in [-0.1, -0.05) is 12.1 Å². The van der Waals surface area contributed by atoms with Crippen molar-refractivity contribution in [1.82, 2.24) is 0 Å². The van der Waals surface area contributed by atoms with Crippen LogP contribution < -0.4 is 4.72 Å². The van der Waals surface area contributed by atoms with E-state index in [1.165, 1.54) is 31.2 Å². The van der Waals surface area contributed by atoms with E-state index in [0.717, 1.165) is 18.2 Å². The number of carboxylic acid groups (broad SMARTS) is 1. The molecule has 120 valence electrons. The molecule has 0 aromatic heterocycles. The van der Waals surface area contributed by atoms with Gasteiger partial charge in [0, 0.05) is 5.56 Å². The second kappa shape index (κ2) is 6.17. The fraction of sp³-hybridized carbons (Fsp3) is 0.0667. The van der Waals surface area contributed by atoms with Crippen molar-refractivity contribution in [2.45, 2.75) is 11.8 Å². The van der Waals surface area contributed by atoms with Crippen LogP contribution in [0.2, 0.25) is 0 Å². The minimum atomic E-state index is -4.11. The van der Waals surface area contributed by atoms with Gasteiger partial charge in [-0.05, 0) is 37.3 Å². The van der Waals surface area contributed by atoms with Crippen LogP contribution in [0.4, 0.5) is 10.1 Å². The fourth-order valence-corrected chi connectivity index (χ4v) is 2.87. The monoisotopic (exact) mass is 337 g/mol. The number of carbonyl (C=O) groups is 2. The van der Waals surface area contributed by atoms with Crippen molar-refractivity contribution in [1.29, 1.82) is 0 Å². The van der Waals surface area contributed by atoms with Crippen molar-refractivity contribution in [2.75, 3.05) is 4.72 Å². The van der Waals surface area contributed by atoms with Crippen LogP contribution in [0.3, 0.4) is 0 Å². The Morgan fingerprint density at radius 1 is 1.04 bits per heavy atom. The minimum Gasteiger partial charge on any atom is -0.478 e. The van der Waals surface area contributed by atoms with Crippen LogP contribution in [0.25, 0.3) is 0 Å². The Morgan fingerprint density at radius 2 is 1.61 bits per heavy atom. The first-order chi connectivity index (χ1) is 10.7. The molecule has 0 heterocycles. The summed E-state index contributed by atoms with van der Waals surface area (Å²) >= 11 is 0. The molecule has 0 atom stereocenters. The highest BCUT2D eigenvalue weighted by molar-refractivity contribution is 7.92. The van der Waals surface area contributed by atoms with Crippen LogP contribution in [0.5, 0.6) is 0 Å². The molecule has 0 aliphatic carbocycles. The van der Waals surface area contributed by atoms with Gasteiger partial charge >= 0.3 is 5.97 Å². The highest BCUT2D eigenvalue weighted by Crippen LogP contribution is 2.21. The Labute approximate surface area is 131 Å². The lowest BCUT2D eigenvalue weighted by Gasteiger charge is -2.10. The minimum absolute atomic E-state index is 0.178. The largest absolute Gasteiger partial charge is 0.478 e. The smallest absolute Gasteiger partial charge is 0.335 e. The molecule has 0 aliphatic heterocycles. The van der Waals surface area contributed by atoms with Gasteiger partial charge in [0.25, 0.3) is 10.0 Å². The van der Waals surface area contributed by atoms with Crippen LogP contribution in [0.1, 0.15) is 27.6 Å². The van der Waals surface area contributed by atoms with E-state index in [1.54, 1.807) is 0 Å². The molecule has 23 heavy (non-hydrogen) atoms. The number of carbonyl (C=O) groups excluding carboxylic acids is 1. The number of hydrogen-bond acceptors (Lipinski definition) is 4. The molecule has 0 bridgehead atoms. The van der Waals surface area contributed by atoms with Gasteiger partial charge in [-0.25, -0.2) is 17.6 Å². The first-order valence-corrected chi connectivity index (χ1v) is 7.85. The summed E-state index contributed by atoms with van der Waals surface area (Å²) in [6.45, 7) is 1.34. The number of anilines is 1. The molecule has 2 rings (SSSR count). The number of carboxylic acids is 1. The third-order valence-electron chi connectivity index (χ3n) is 3.03. The molecule has 2 N–H and O–H groups in total. The van der Waals surface area contributed by atoms with Crippen LogP contribution in [-0.4, -0.2) is 25.3 Å². The van der Waals surface area contributed by atoms with Gasteiger partial charge in [0.15, 0.2) is 5.78 Å². The molecule has 0 radical (unpaired) electrons. The van der Waals surface area contributed by atoms with E-state index in [4.69, 9.17) is 5.11 Å². The standard InChI is InChI=1S/C15H12FNO5S/c1-9(18)10-2-5-12(6-3-10)23(21,22)17-14-8-11(15(19)20)4-7-13(14)16/h2-8,17H,1H3,(H,19,20). The first-order valence-electron chi connectivity index (χ1n) is 6.37. The predicted octanol–water partition coefficient (Wildman–Crippen LogP) is 2.53. The quantitative estimate of drug-likeness (QED) is 0.817. The molecule has 0 saturated heterocycles. The first kappa shape index (κ1) is 16.6. The number of benzene rings is 2. The highest BCUT2D eigenvalue weighted by Gasteiger charge is 2.18. The number of ketones is 1. The molecule has 0 aliphatic rings. The molecule has 8 heteroatoms. The number of halogens is 1. The van der Waals surface area contributed by atoms with Crippen molar-refractivity contribution in [3.8, 4) is 0 Å². The SMILES string of the molecule is CC(=O)c1ccc(S(=O)(=O)Nc2cc(C(=O)O)ccc2F)cc1. The summed E-state index contributed by atoms with van der Waals surface area (Å²) in [5.74, 6) is -2.43. The van der Waals surface area contributed by atoms with Crippen LogP contribution in [-0.2, 0) is 10.0 Å². The van der Waals surface area contributed by atoms with E-state index >= 15 is 0 Å². The Hall–Kier alpha value is -2.74. The number of aromatic carboxylic acids is 1. The topological polar surface area (TPSA) is 101 Å². The maximum absolute atomic E-state index is 13.7. The van der Waals surface area contributed by atoms with Crippen molar-refractivity contribution >= 4 is 27.5 Å². The maximum atomic E-state index is 13.7. The molecule has 6 nitrogen and oxygen atoms in total. The lowest BCUT2D eigenvalue weighted by molar-refractivity contribution is 0.0696. The number of rotatable bonds is 5. The van der Waals surface area contributed by atoms with Gasteiger partial charge in [-0.3, -0.25) is 9.52 Å². The molecule has 0 unspecified atom stereocenters. The zero-order valence-electron chi connectivity index (χ0n) is 11.9. The number of nitrogens with one attached hydrogen (secondary N) is 1. The van der Waals surface area contributed by atoms with E-state index in [2.05, 4.69) is 0 Å². The summed E-state index contributed by atoms with van der Waals surface area (Å²) in [6.07, 6.45) is 0. The molecular formula is C15H12FNO5S. The molecular weight excluding hydrogens is 325 g/mol. The molecule has 0 spiro atoms. The summed E-state index contributed by atoms with van der Waals surface area (Å²) in [6, 6.07) is 7.86. The van der Waals surface area contributed by atoms with Gasteiger partial charge < -0.3 is 5.11 Å². The van der Waals surface area contributed by atoms with Gasteiger partial charge in [0.2, 0.25) is 0 Å². The number of Topliss-reactive ketones (excluding diaryl/α,β-unsaturated/α-hetero) is 1. The van der Waals surface area contributed by atoms with Crippen LogP contribution in [0.15, 0.2) is 47.4 Å². The van der Waals surface area contributed by atoms with Crippen LogP contribution >= 0.6 is 0 Å². The van der Waals surface area contributed by atoms with Crippen molar-refractivity contribution in [3.63, 3.8) is 0 Å². The second-order valence-corrected chi connectivity index (χ2v) is 6.37. The van der Waals surface area contributed by atoms with Gasteiger partial charge in [0.05, 0.1) is 16.1 Å². The summed E-state index contributed by atoms with van der Waals surface area (Å²) in [7, 11) is -4.11. The van der Waals surface area contributed by atoms with Crippen molar-refractivity contribution < 1.29 is 27.5 Å². The van der Waals surface area contributed by atoms with E-state index in [9.17, 15) is 22.4 Å². The lowest BCUT2D eigenvalue weighted by atomic mass is 10.2. The third-order valence-corrected chi connectivity index (χ3v) is 4.41. The lowest BCUT2D eigenvalue weighted by Crippen LogP contribution is -2.14. The second-order valence-electron chi connectivity index (χ2n) is 4.69. The molecule has 0 amide bonds. The summed E-state index contributed by atoms with van der Waals surface area (Å²) < 4.78 is 40.1. The average Bonchev–Trinajstić information content (AvgIpc) is 2.49. The van der Waals surface area contributed by atoms with Gasteiger partial charge in [-0.2, -0.15) is 0 Å². The fourth-order valence-electron chi connectivity index (χ4n) is 1.81. The normalized spacial score (nSPS) is 11.0. The van der Waals surface area contributed by atoms with E-state index in [-0.39, 0.29) is 16.2 Å². The zero-order valence-corrected chi connectivity index (χ0v) is 12.7. The Kier molecular flexibility index (Phi) is 4.46. The molecule has 0 fully saturated rings. The van der Waals surface area contributed by atoms with Crippen molar-refractivity contribution in [2.24, 2.45) is 0 Å². The highest BCUT2D eigenvalue weighted by atomic mass is 32.2. The predicted molar refractivity (Wildman–Crippen MR) is 80.6 cm³/mol. The summed E-state index contributed by atoms with van der Waals surface area (Å²) in [5.41, 5.74) is -0.389. The third kappa shape index (κ3) is 3.72. The Bertz CT molecular complexity index is 875. The van der Waals surface area contributed by atoms with Crippen LogP contribution in [0, 0.1) is 5.82 Å². The summed E-state index contributed by atoms with van der Waals surface area (Å²) in [4.78, 5) is 21.9. The molecule has 2 aromatic rings. The van der Waals surface area contributed by atoms with E-state index in [1.807, 2.05) is 4.72 Å². The molecule has 2 aromatic carbocycles. The Balaban J connectivity index is 2.36. The zero-order chi connectivity index (χ0) is 17.2. The molecule has 0 saturated carbocycles. The van der Waals surface area contributed by atoms with E-state index < -0.39 is 27.5 Å².